The van der Waals surface area contributed by atoms with Crippen molar-refractivity contribution in [2.24, 2.45) is 0 Å². The van der Waals surface area contributed by atoms with Crippen molar-refractivity contribution in [1.82, 2.24) is 5.32 Å². The maximum absolute atomic E-state index is 3.87. The molecule has 0 amide bonds. The van der Waals surface area contributed by atoms with Crippen molar-refractivity contribution in [1.29, 1.82) is 0 Å². The van der Waals surface area contributed by atoms with Crippen LogP contribution in [0.15, 0.2) is 36.9 Å². The minimum atomic E-state index is 0.0990. The molecule has 2 heteroatoms. The summed E-state index contributed by atoms with van der Waals surface area (Å²) in [5, 5.41) is 3.52. The Hall–Kier alpha value is -1.28. The minimum absolute atomic E-state index is 0.0990. The molecule has 0 bridgehead atoms. The second kappa shape index (κ2) is 7.49. The average molecular weight is 274 g/mol. The molecule has 0 fully saturated rings. The van der Waals surface area contributed by atoms with Gasteiger partial charge in [-0.05, 0) is 58.4 Å². The molecule has 0 aliphatic carbocycles. The van der Waals surface area contributed by atoms with E-state index in [1.54, 1.807) is 0 Å². The van der Waals surface area contributed by atoms with E-state index in [0.717, 1.165) is 13.1 Å². The van der Waals surface area contributed by atoms with Gasteiger partial charge in [0, 0.05) is 23.8 Å². The van der Waals surface area contributed by atoms with Crippen molar-refractivity contribution in [3.63, 3.8) is 0 Å². The highest BCUT2D eigenvalue weighted by molar-refractivity contribution is 5.50. The van der Waals surface area contributed by atoms with E-state index in [2.05, 4.69) is 75.7 Å². The van der Waals surface area contributed by atoms with Crippen LogP contribution in [0.25, 0.3) is 0 Å². The summed E-state index contributed by atoms with van der Waals surface area (Å²) in [7, 11) is 0. The van der Waals surface area contributed by atoms with E-state index in [9.17, 15) is 0 Å². The zero-order valence-electron chi connectivity index (χ0n) is 13.7. The van der Waals surface area contributed by atoms with Crippen LogP contribution in [0.1, 0.15) is 52.6 Å². The van der Waals surface area contributed by atoms with Gasteiger partial charge in [-0.3, -0.25) is 0 Å². The Bertz CT molecular complexity index is 400. The van der Waals surface area contributed by atoms with E-state index < -0.39 is 0 Å². The largest absolute Gasteiger partial charge is 0.363 e. The average Bonchev–Trinajstić information content (AvgIpc) is 2.41. The zero-order chi connectivity index (χ0) is 15.2. The Balaban J connectivity index is 2.85. The molecule has 0 aliphatic heterocycles. The predicted molar refractivity (Wildman–Crippen MR) is 90.4 cm³/mol. The first-order chi connectivity index (χ1) is 9.40. The van der Waals surface area contributed by atoms with Gasteiger partial charge in [0.1, 0.15) is 0 Å². The number of hydrogen-bond acceptors (Lipinski definition) is 2. The maximum atomic E-state index is 3.87. The molecule has 0 spiro atoms. The molecule has 1 aromatic carbocycles. The quantitative estimate of drug-likeness (QED) is 0.734. The van der Waals surface area contributed by atoms with Crippen LogP contribution >= 0.6 is 0 Å². The summed E-state index contributed by atoms with van der Waals surface area (Å²) < 4.78 is 0. The van der Waals surface area contributed by atoms with Gasteiger partial charge >= 0.3 is 0 Å². The van der Waals surface area contributed by atoms with Crippen molar-refractivity contribution in [2.75, 3.05) is 18.0 Å². The molecule has 1 aromatic rings. The molecule has 1 atom stereocenters. The Morgan fingerprint density at radius 2 is 1.85 bits per heavy atom. The third-order valence-corrected chi connectivity index (χ3v) is 3.53. The number of nitrogens with one attached hydrogen (secondary N) is 1. The Labute approximate surface area is 124 Å². The van der Waals surface area contributed by atoms with Crippen LogP contribution in [0.3, 0.4) is 0 Å². The predicted octanol–water partition coefficient (Wildman–Crippen LogP) is 4.54. The molecule has 0 saturated carbocycles. The fraction of sp³-hybridized carbons (Fsp3) is 0.556. The topological polar surface area (TPSA) is 15.3 Å². The minimum Gasteiger partial charge on any atom is -0.363 e. The van der Waals surface area contributed by atoms with Crippen molar-refractivity contribution in [2.45, 2.75) is 52.6 Å². The first kappa shape index (κ1) is 16.8. The van der Waals surface area contributed by atoms with Gasteiger partial charge < -0.3 is 10.2 Å². The van der Waals surface area contributed by atoms with Gasteiger partial charge in [-0.2, -0.15) is 0 Å². The Kier molecular flexibility index (Phi) is 6.28. The summed E-state index contributed by atoms with van der Waals surface area (Å²) in [4.78, 5) is 2.37. The molecule has 2 nitrogen and oxygen atoms in total. The normalized spacial score (nSPS) is 13.1. The molecule has 0 saturated heterocycles. The summed E-state index contributed by atoms with van der Waals surface area (Å²) in [6, 6.07) is 9.30. The lowest BCUT2D eigenvalue weighted by atomic mass is 10.0. The van der Waals surface area contributed by atoms with Gasteiger partial charge in [0.05, 0.1) is 0 Å². The van der Waals surface area contributed by atoms with E-state index in [0.29, 0.717) is 6.04 Å². The number of hydrogen-bond donors (Lipinski definition) is 1. The van der Waals surface area contributed by atoms with Crippen LogP contribution in [0, 0.1) is 0 Å². The highest BCUT2D eigenvalue weighted by Gasteiger charge is 2.20. The van der Waals surface area contributed by atoms with E-state index in [1.165, 1.54) is 17.7 Å². The molecular formula is C18H30N2. The maximum Gasteiger partial charge on any atom is 0.0373 e. The second-order valence-electron chi connectivity index (χ2n) is 6.34. The van der Waals surface area contributed by atoms with Crippen molar-refractivity contribution in [3.8, 4) is 0 Å². The van der Waals surface area contributed by atoms with Crippen molar-refractivity contribution in [3.05, 3.63) is 42.5 Å². The summed E-state index contributed by atoms with van der Waals surface area (Å²) in [5.74, 6) is 0. The van der Waals surface area contributed by atoms with Crippen LogP contribution in [-0.2, 0) is 0 Å². The summed E-state index contributed by atoms with van der Waals surface area (Å²) in [6.07, 6.45) is 3.13. The fourth-order valence-corrected chi connectivity index (χ4v) is 2.32. The first-order valence-corrected chi connectivity index (χ1v) is 7.62. The van der Waals surface area contributed by atoms with E-state index in [4.69, 9.17) is 0 Å². The number of rotatable bonds is 7. The highest BCUT2D eigenvalue weighted by Crippen LogP contribution is 2.25. The number of nitrogens with zero attached hydrogens (tertiary/aromatic N) is 1. The van der Waals surface area contributed by atoms with Gasteiger partial charge in [0.25, 0.3) is 0 Å². The molecule has 1 unspecified atom stereocenters. The highest BCUT2D eigenvalue weighted by atomic mass is 15.2. The van der Waals surface area contributed by atoms with Gasteiger partial charge in [-0.15, -0.1) is 6.58 Å². The fourth-order valence-electron chi connectivity index (χ4n) is 2.32. The third-order valence-electron chi connectivity index (χ3n) is 3.53. The van der Waals surface area contributed by atoms with Gasteiger partial charge in [0.15, 0.2) is 0 Å². The molecular weight excluding hydrogens is 244 g/mol. The first-order valence-electron chi connectivity index (χ1n) is 7.62. The van der Waals surface area contributed by atoms with Crippen molar-refractivity contribution < 1.29 is 0 Å². The molecule has 0 heterocycles. The molecule has 0 radical (unpaired) electrons. The van der Waals surface area contributed by atoms with Gasteiger partial charge in [-0.25, -0.2) is 0 Å². The van der Waals surface area contributed by atoms with E-state index >= 15 is 0 Å². The summed E-state index contributed by atoms with van der Waals surface area (Å²) in [6.45, 7) is 16.9. The van der Waals surface area contributed by atoms with Crippen LogP contribution in [-0.4, -0.2) is 18.6 Å². The molecule has 20 heavy (non-hydrogen) atoms. The standard InChI is InChI=1S/C18H30N2/c1-7-13-19-15(3)16-9-11-17(12-10-16)20(14-8-2)18(4,5)6/h8-12,15,19H,2,7,13-14H2,1,3-6H3. The van der Waals surface area contributed by atoms with Crippen LogP contribution < -0.4 is 10.2 Å². The smallest absolute Gasteiger partial charge is 0.0373 e. The van der Waals surface area contributed by atoms with E-state index in [-0.39, 0.29) is 5.54 Å². The van der Waals surface area contributed by atoms with Crippen molar-refractivity contribution >= 4 is 5.69 Å². The summed E-state index contributed by atoms with van der Waals surface area (Å²) >= 11 is 0. The zero-order valence-corrected chi connectivity index (χ0v) is 13.7. The molecule has 0 aromatic heterocycles. The lowest BCUT2D eigenvalue weighted by molar-refractivity contribution is 0.522. The van der Waals surface area contributed by atoms with Gasteiger partial charge in [0.2, 0.25) is 0 Å². The van der Waals surface area contributed by atoms with Gasteiger partial charge in [-0.1, -0.05) is 25.1 Å². The van der Waals surface area contributed by atoms with Crippen LogP contribution in [0.4, 0.5) is 5.69 Å². The monoisotopic (exact) mass is 274 g/mol. The van der Waals surface area contributed by atoms with E-state index in [1.807, 2.05) is 6.08 Å². The van der Waals surface area contributed by atoms with Crippen LogP contribution in [0.5, 0.6) is 0 Å². The molecule has 1 rings (SSSR count). The second-order valence-corrected chi connectivity index (χ2v) is 6.34. The molecule has 0 aliphatic rings. The third kappa shape index (κ3) is 4.68. The molecule has 112 valence electrons. The SMILES string of the molecule is C=CCN(c1ccc(C(C)NCCC)cc1)C(C)(C)C. The Morgan fingerprint density at radius 3 is 2.30 bits per heavy atom. The lowest BCUT2D eigenvalue weighted by Crippen LogP contribution is -2.41. The number of benzene rings is 1. The summed E-state index contributed by atoms with van der Waals surface area (Å²) in [5.41, 5.74) is 2.69. The Morgan fingerprint density at radius 1 is 1.25 bits per heavy atom. The van der Waals surface area contributed by atoms with Crippen LogP contribution in [0.2, 0.25) is 0 Å². The number of anilines is 1. The molecule has 1 N–H and O–H groups in total. The lowest BCUT2D eigenvalue weighted by Gasteiger charge is -2.37.